The fraction of sp³-hybridized carbons (Fsp3) is 0.765. The third kappa shape index (κ3) is 5.52. The van der Waals surface area contributed by atoms with Gasteiger partial charge >= 0.3 is 0 Å². The van der Waals surface area contributed by atoms with Gasteiger partial charge in [0, 0.05) is 24.6 Å². The van der Waals surface area contributed by atoms with E-state index < -0.39 is 0 Å². The minimum Gasteiger partial charge on any atom is -0.370 e. The van der Waals surface area contributed by atoms with Gasteiger partial charge in [0.05, 0.1) is 0 Å². The highest BCUT2D eigenvalue weighted by atomic mass is 15.1. The maximum absolute atomic E-state index is 4.70. The first-order chi connectivity index (χ1) is 10.2. The molecular formula is C17H32N4. The quantitative estimate of drug-likeness (QED) is 0.664. The molecule has 0 amide bonds. The van der Waals surface area contributed by atoms with Crippen molar-refractivity contribution in [1.82, 2.24) is 9.97 Å². The van der Waals surface area contributed by atoms with E-state index in [2.05, 4.69) is 50.2 Å². The Morgan fingerprint density at radius 3 is 2.24 bits per heavy atom. The molecular weight excluding hydrogens is 260 g/mol. The maximum Gasteiger partial charge on any atom is 0.134 e. The van der Waals surface area contributed by atoms with E-state index >= 15 is 0 Å². The molecule has 1 aromatic rings. The molecule has 4 nitrogen and oxygen atoms in total. The Labute approximate surface area is 130 Å². The average molecular weight is 292 g/mol. The molecule has 0 aliphatic heterocycles. The van der Waals surface area contributed by atoms with Gasteiger partial charge in [-0.15, -0.1) is 0 Å². The molecule has 0 fully saturated rings. The summed E-state index contributed by atoms with van der Waals surface area (Å²) in [5, 5.41) is 7.01. The topological polar surface area (TPSA) is 49.8 Å². The molecule has 1 aromatic heterocycles. The van der Waals surface area contributed by atoms with E-state index in [1.165, 1.54) is 32.1 Å². The minimum absolute atomic E-state index is 0.516. The summed E-state index contributed by atoms with van der Waals surface area (Å²) in [6.45, 7) is 11.7. The van der Waals surface area contributed by atoms with Gasteiger partial charge in [-0.25, -0.2) is 9.97 Å². The van der Waals surface area contributed by atoms with Crippen LogP contribution in [0.2, 0.25) is 0 Å². The summed E-state index contributed by atoms with van der Waals surface area (Å²) in [5.74, 6) is 2.88. The molecule has 0 saturated carbocycles. The van der Waals surface area contributed by atoms with E-state index in [9.17, 15) is 0 Å². The molecule has 0 saturated heterocycles. The lowest BCUT2D eigenvalue weighted by atomic mass is 10.0. The number of nitrogens with zero attached hydrogens (tertiary/aromatic N) is 2. The first-order valence-electron chi connectivity index (χ1n) is 8.54. The van der Waals surface area contributed by atoms with Crippen LogP contribution in [0.5, 0.6) is 0 Å². The van der Waals surface area contributed by atoms with Gasteiger partial charge in [-0.2, -0.15) is 0 Å². The lowest BCUT2D eigenvalue weighted by Crippen LogP contribution is -2.22. The predicted molar refractivity (Wildman–Crippen MR) is 92.2 cm³/mol. The fourth-order valence-electron chi connectivity index (χ4n) is 2.48. The van der Waals surface area contributed by atoms with Crippen molar-refractivity contribution in [2.45, 2.75) is 79.2 Å². The number of aromatic nitrogens is 2. The Hall–Kier alpha value is -1.32. The van der Waals surface area contributed by atoms with Gasteiger partial charge in [0.15, 0.2) is 0 Å². The molecule has 1 atom stereocenters. The minimum atomic E-state index is 0.516. The third-order valence-corrected chi connectivity index (χ3v) is 3.74. The van der Waals surface area contributed by atoms with Crippen molar-refractivity contribution < 1.29 is 0 Å². The molecule has 2 N–H and O–H groups in total. The van der Waals surface area contributed by atoms with Crippen molar-refractivity contribution in [2.24, 2.45) is 0 Å². The largest absolute Gasteiger partial charge is 0.370 e. The molecule has 0 aliphatic carbocycles. The maximum atomic E-state index is 4.70. The summed E-state index contributed by atoms with van der Waals surface area (Å²) in [7, 11) is 0. The number of hydrogen-bond donors (Lipinski definition) is 2. The van der Waals surface area contributed by atoms with E-state index in [0.717, 1.165) is 36.0 Å². The highest BCUT2D eigenvalue weighted by Crippen LogP contribution is 2.23. The third-order valence-electron chi connectivity index (χ3n) is 3.74. The first kappa shape index (κ1) is 17.7. The van der Waals surface area contributed by atoms with Crippen molar-refractivity contribution in [3.8, 4) is 0 Å². The van der Waals surface area contributed by atoms with Crippen LogP contribution in [0.4, 0.5) is 11.6 Å². The van der Waals surface area contributed by atoms with Crippen LogP contribution in [0.3, 0.4) is 0 Å². The molecule has 0 radical (unpaired) electrons. The van der Waals surface area contributed by atoms with Gasteiger partial charge in [0.25, 0.3) is 0 Å². The molecule has 0 aliphatic rings. The molecule has 1 unspecified atom stereocenters. The zero-order valence-corrected chi connectivity index (χ0v) is 14.4. The Morgan fingerprint density at radius 2 is 1.67 bits per heavy atom. The number of rotatable bonds is 10. The molecule has 120 valence electrons. The van der Waals surface area contributed by atoms with Gasteiger partial charge in [0.1, 0.15) is 17.5 Å². The average Bonchev–Trinajstić information content (AvgIpc) is 2.49. The van der Waals surface area contributed by atoms with Gasteiger partial charge in [-0.05, 0) is 26.7 Å². The van der Waals surface area contributed by atoms with Gasteiger partial charge in [-0.1, -0.05) is 40.0 Å². The second-order valence-corrected chi connectivity index (χ2v) is 5.62. The van der Waals surface area contributed by atoms with E-state index in [-0.39, 0.29) is 0 Å². The highest BCUT2D eigenvalue weighted by Gasteiger charge is 2.14. The molecule has 0 aromatic carbocycles. The van der Waals surface area contributed by atoms with Gasteiger partial charge < -0.3 is 10.6 Å². The van der Waals surface area contributed by atoms with Crippen molar-refractivity contribution >= 4 is 11.6 Å². The summed E-state index contributed by atoms with van der Waals surface area (Å²) >= 11 is 0. The first-order valence-corrected chi connectivity index (χ1v) is 8.54. The number of unbranched alkanes of at least 4 members (excludes halogenated alkanes) is 1. The SMILES string of the molecule is CCCCC(CCC)Nc1nc(CC)nc(NCC)c1C. The normalized spacial score (nSPS) is 12.2. The zero-order valence-electron chi connectivity index (χ0n) is 14.4. The Bertz CT molecular complexity index is 417. The second-order valence-electron chi connectivity index (χ2n) is 5.62. The molecule has 0 spiro atoms. The van der Waals surface area contributed by atoms with Gasteiger partial charge in [0.2, 0.25) is 0 Å². The smallest absolute Gasteiger partial charge is 0.134 e. The summed E-state index contributed by atoms with van der Waals surface area (Å²) in [6.07, 6.45) is 6.98. The van der Waals surface area contributed by atoms with Crippen LogP contribution >= 0.6 is 0 Å². The van der Waals surface area contributed by atoms with E-state index in [4.69, 9.17) is 4.98 Å². The van der Waals surface area contributed by atoms with Crippen molar-refractivity contribution in [2.75, 3.05) is 17.2 Å². The highest BCUT2D eigenvalue weighted by molar-refractivity contribution is 5.57. The Balaban J connectivity index is 2.94. The number of nitrogens with one attached hydrogen (secondary N) is 2. The summed E-state index contributed by atoms with van der Waals surface area (Å²) in [6, 6.07) is 0.516. The van der Waals surface area contributed by atoms with Gasteiger partial charge in [-0.3, -0.25) is 0 Å². The van der Waals surface area contributed by atoms with Crippen LogP contribution in [-0.4, -0.2) is 22.6 Å². The van der Waals surface area contributed by atoms with Crippen molar-refractivity contribution in [3.63, 3.8) is 0 Å². The number of hydrogen-bond acceptors (Lipinski definition) is 4. The molecule has 21 heavy (non-hydrogen) atoms. The lowest BCUT2D eigenvalue weighted by molar-refractivity contribution is 0.562. The van der Waals surface area contributed by atoms with E-state index in [1.54, 1.807) is 0 Å². The van der Waals surface area contributed by atoms with Crippen LogP contribution in [0.15, 0.2) is 0 Å². The summed E-state index contributed by atoms with van der Waals surface area (Å²) in [4.78, 5) is 9.30. The van der Waals surface area contributed by atoms with Crippen LogP contribution in [0, 0.1) is 6.92 Å². The zero-order chi connectivity index (χ0) is 15.7. The van der Waals surface area contributed by atoms with Crippen LogP contribution in [0.25, 0.3) is 0 Å². The number of anilines is 2. The Morgan fingerprint density at radius 1 is 0.952 bits per heavy atom. The van der Waals surface area contributed by atoms with Crippen LogP contribution in [0.1, 0.15) is 71.2 Å². The van der Waals surface area contributed by atoms with Crippen LogP contribution < -0.4 is 10.6 Å². The van der Waals surface area contributed by atoms with Crippen molar-refractivity contribution in [1.29, 1.82) is 0 Å². The predicted octanol–water partition coefficient (Wildman–Crippen LogP) is 4.55. The standard InChI is InChI=1S/C17H32N4/c1-6-10-12-14(11-7-2)19-17-13(5)16(18-9-4)20-15(8-3)21-17/h14H,6-12H2,1-5H3,(H2,18,19,20,21). The molecule has 0 bridgehead atoms. The Kier molecular flexibility index (Phi) is 8.09. The molecule has 1 rings (SSSR count). The van der Waals surface area contributed by atoms with E-state index in [1.807, 2.05) is 0 Å². The summed E-state index contributed by atoms with van der Waals surface area (Å²) < 4.78 is 0. The summed E-state index contributed by atoms with van der Waals surface area (Å²) in [5.41, 5.74) is 1.13. The van der Waals surface area contributed by atoms with E-state index in [0.29, 0.717) is 6.04 Å². The van der Waals surface area contributed by atoms with Crippen LogP contribution in [-0.2, 0) is 6.42 Å². The van der Waals surface area contributed by atoms with Crippen molar-refractivity contribution in [3.05, 3.63) is 11.4 Å². The second kappa shape index (κ2) is 9.59. The lowest BCUT2D eigenvalue weighted by Gasteiger charge is -2.21. The fourth-order valence-corrected chi connectivity index (χ4v) is 2.48. The molecule has 4 heteroatoms. The molecule has 1 heterocycles. The number of aryl methyl sites for hydroxylation is 1. The monoisotopic (exact) mass is 292 g/mol.